The molecule has 0 saturated heterocycles. The first-order valence-corrected chi connectivity index (χ1v) is 6.89. The number of amides is 1. The summed E-state index contributed by atoms with van der Waals surface area (Å²) in [6, 6.07) is 3.54. The molecule has 1 N–H and O–H groups in total. The summed E-state index contributed by atoms with van der Waals surface area (Å²) in [4.78, 5) is 26.0. The van der Waals surface area contributed by atoms with Gasteiger partial charge in [0, 0.05) is 38.7 Å². The number of aromatic nitrogens is 3. The van der Waals surface area contributed by atoms with Crippen molar-refractivity contribution in [3.63, 3.8) is 0 Å². The SMILES string of the molecule is CCNc1ncc(C(=O)N(C)Cc2ccc(Cl)nc2)cn1. The predicted octanol–water partition coefficient (Wildman–Crippen LogP) is 2.23. The van der Waals surface area contributed by atoms with Gasteiger partial charge < -0.3 is 10.2 Å². The van der Waals surface area contributed by atoms with Crippen molar-refractivity contribution in [3.8, 4) is 0 Å². The van der Waals surface area contributed by atoms with Crippen LogP contribution in [0.25, 0.3) is 0 Å². The summed E-state index contributed by atoms with van der Waals surface area (Å²) in [7, 11) is 1.72. The molecular weight excluding hydrogens is 290 g/mol. The van der Waals surface area contributed by atoms with Crippen molar-refractivity contribution in [3.05, 3.63) is 47.0 Å². The summed E-state index contributed by atoms with van der Waals surface area (Å²) in [5.74, 6) is 0.367. The van der Waals surface area contributed by atoms with Crippen LogP contribution >= 0.6 is 11.6 Å². The van der Waals surface area contributed by atoms with E-state index in [-0.39, 0.29) is 5.91 Å². The monoisotopic (exact) mass is 305 g/mol. The van der Waals surface area contributed by atoms with Gasteiger partial charge in [0.15, 0.2) is 0 Å². The van der Waals surface area contributed by atoms with Crippen LogP contribution in [0.15, 0.2) is 30.7 Å². The van der Waals surface area contributed by atoms with Crippen LogP contribution in [0.5, 0.6) is 0 Å². The highest BCUT2D eigenvalue weighted by molar-refractivity contribution is 6.29. The molecular formula is C14H16ClN5O. The number of hydrogen-bond donors (Lipinski definition) is 1. The smallest absolute Gasteiger partial charge is 0.257 e. The van der Waals surface area contributed by atoms with Crippen molar-refractivity contribution in [2.45, 2.75) is 13.5 Å². The van der Waals surface area contributed by atoms with Gasteiger partial charge in [0.2, 0.25) is 5.95 Å². The summed E-state index contributed by atoms with van der Waals surface area (Å²) >= 11 is 5.73. The summed E-state index contributed by atoms with van der Waals surface area (Å²) in [5.41, 5.74) is 1.35. The van der Waals surface area contributed by atoms with Crippen molar-refractivity contribution < 1.29 is 4.79 Å². The van der Waals surface area contributed by atoms with Gasteiger partial charge in [-0.2, -0.15) is 0 Å². The second-order valence-electron chi connectivity index (χ2n) is 4.48. The fourth-order valence-electron chi connectivity index (χ4n) is 1.75. The lowest BCUT2D eigenvalue weighted by atomic mass is 10.2. The molecule has 2 heterocycles. The maximum atomic E-state index is 12.3. The average molecular weight is 306 g/mol. The predicted molar refractivity (Wildman–Crippen MR) is 81.2 cm³/mol. The Bertz CT molecular complexity index is 600. The Morgan fingerprint density at radius 3 is 2.52 bits per heavy atom. The van der Waals surface area contributed by atoms with E-state index < -0.39 is 0 Å². The fourth-order valence-corrected chi connectivity index (χ4v) is 1.87. The van der Waals surface area contributed by atoms with Crippen LogP contribution in [-0.4, -0.2) is 39.4 Å². The average Bonchev–Trinajstić information content (AvgIpc) is 2.50. The number of hydrogen-bond acceptors (Lipinski definition) is 5. The molecule has 110 valence electrons. The van der Waals surface area contributed by atoms with Gasteiger partial charge >= 0.3 is 0 Å². The third-order valence-corrected chi connectivity index (χ3v) is 3.01. The molecule has 2 aromatic rings. The summed E-state index contributed by atoms with van der Waals surface area (Å²) < 4.78 is 0. The molecule has 7 heteroatoms. The summed E-state index contributed by atoms with van der Waals surface area (Å²) in [6.07, 6.45) is 4.69. The largest absolute Gasteiger partial charge is 0.355 e. The van der Waals surface area contributed by atoms with Gasteiger partial charge in [-0.15, -0.1) is 0 Å². The second kappa shape index (κ2) is 6.99. The molecule has 0 spiro atoms. The van der Waals surface area contributed by atoms with Gasteiger partial charge in [0.25, 0.3) is 5.91 Å². The van der Waals surface area contributed by atoms with Crippen molar-refractivity contribution in [1.82, 2.24) is 19.9 Å². The van der Waals surface area contributed by atoms with Gasteiger partial charge in [0.05, 0.1) is 5.56 Å². The molecule has 2 rings (SSSR count). The molecule has 0 unspecified atom stereocenters. The first-order valence-electron chi connectivity index (χ1n) is 6.52. The van der Waals surface area contributed by atoms with E-state index in [9.17, 15) is 4.79 Å². The molecule has 0 fully saturated rings. The number of anilines is 1. The van der Waals surface area contributed by atoms with Crippen LogP contribution in [0, 0.1) is 0 Å². The Morgan fingerprint density at radius 2 is 1.95 bits per heavy atom. The van der Waals surface area contributed by atoms with E-state index in [1.807, 2.05) is 13.0 Å². The molecule has 0 aliphatic rings. The molecule has 21 heavy (non-hydrogen) atoms. The van der Waals surface area contributed by atoms with E-state index in [2.05, 4.69) is 20.3 Å². The fraction of sp³-hybridized carbons (Fsp3) is 0.286. The van der Waals surface area contributed by atoms with E-state index in [1.54, 1.807) is 24.2 Å². The van der Waals surface area contributed by atoms with Crippen molar-refractivity contribution in [2.24, 2.45) is 0 Å². The third-order valence-electron chi connectivity index (χ3n) is 2.79. The van der Waals surface area contributed by atoms with Crippen LogP contribution in [0.3, 0.4) is 0 Å². The highest BCUT2D eigenvalue weighted by Crippen LogP contribution is 2.10. The Hall–Kier alpha value is -2.21. The van der Waals surface area contributed by atoms with Gasteiger partial charge in [-0.25, -0.2) is 15.0 Å². The number of carbonyl (C=O) groups excluding carboxylic acids is 1. The topological polar surface area (TPSA) is 71.0 Å². The quantitative estimate of drug-likeness (QED) is 0.858. The zero-order valence-corrected chi connectivity index (χ0v) is 12.6. The minimum absolute atomic E-state index is 0.145. The minimum Gasteiger partial charge on any atom is -0.355 e. The highest BCUT2D eigenvalue weighted by Gasteiger charge is 2.13. The molecule has 0 atom stereocenters. The molecule has 1 amide bonds. The van der Waals surface area contributed by atoms with Crippen LogP contribution in [-0.2, 0) is 6.54 Å². The molecule has 0 aliphatic carbocycles. The van der Waals surface area contributed by atoms with E-state index in [0.717, 1.165) is 12.1 Å². The van der Waals surface area contributed by atoms with Crippen molar-refractivity contribution in [2.75, 3.05) is 18.9 Å². The number of carbonyl (C=O) groups is 1. The Morgan fingerprint density at radius 1 is 1.24 bits per heavy atom. The summed E-state index contributed by atoms with van der Waals surface area (Å²) in [6.45, 7) is 3.13. The van der Waals surface area contributed by atoms with Gasteiger partial charge in [-0.05, 0) is 18.6 Å². The van der Waals surface area contributed by atoms with Crippen LogP contribution in [0.1, 0.15) is 22.8 Å². The molecule has 0 bridgehead atoms. The van der Waals surface area contributed by atoms with Crippen molar-refractivity contribution >= 4 is 23.5 Å². The van der Waals surface area contributed by atoms with E-state index >= 15 is 0 Å². The normalized spacial score (nSPS) is 10.2. The minimum atomic E-state index is -0.145. The van der Waals surface area contributed by atoms with Gasteiger partial charge in [-0.3, -0.25) is 4.79 Å². The van der Waals surface area contributed by atoms with Crippen LogP contribution < -0.4 is 5.32 Å². The first kappa shape index (κ1) is 15.2. The maximum absolute atomic E-state index is 12.3. The Kier molecular flexibility index (Phi) is 5.05. The molecule has 0 radical (unpaired) electrons. The van der Waals surface area contributed by atoms with Gasteiger partial charge in [0.1, 0.15) is 5.15 Å². The van der Waals surface area contributed by atoms with Gasteiger partial charge in [-0.1, -0.05) is 17.7 Å². The number of nitrogens with one attached hydrogen (secondary N) is 1. The van der Waals surface area contributed by atoms with E-state index in [0.29, 0.717) is 23.2 Å². The standard InChI is InChI=1S/C14H16ClN5O/c1-3-16-14-18-7-11(8-19-14)13(21)20(2)9-10-4-5-12(15)17-6-10/h4-8H,3,9H2,1-2H3,(H,16,18,19). The number of nitrogens with zero attached hydrogens (tertiary/aromatic N) is 4. The third kappa shape index (κ3) is 4.13. The summed E-state index contributed by atoms with van der Waals surface area (Å²) in [5, 5.41) is 3.41. The van der Waals surface area contributed by atoms with Crippen LogP contribution in [0.4, 0.5) is 5.95 Å². The van der Waals surface area contributed by atoms with E-state index in [4.69, 9.17) is 11.6 Å². The number of halogens is 1. The first-order chi connectivity index (χ1) is 10.1. The molecule has 0 saturated carbocycles. The zero-order valence-electron chi connectivity index (χ0n) is 11.9. The number of pyridine rings is 1. The highest BCUT2D eigenvalue weighted by atomic mass is 35.5. The van der Waals surface area contributed by atoms with Crippen molar-refractivity contribution in [1.29, 1.82) is 0 Å². The lowest BCUT2D eigenvalue weighted by Crippen LogP contribution is -2.26. The second-order valence-corrected chi connectivity index (χ2v) is 4.86. The van der Waals surface area contributed by atoms with E-state index in [1.165, 1.54) is 12.4 Å². The molecule has 2 aromatic heterocycles. The Labute approximate surface area is 128 Å². The number of rotatable bonds is 5. The lowest BCUT2D eigenvalue weighted by molar-refractivity contribution is 0.0784. The molecule has 0 aliphatic heterocycles. The molecule has 6 nitrogen and oxygen atoms in total. The van der Waals surface area contributed by atoms with Crippen LogP contribution in [0.2, 0.25) is 5.15 Å². The lowest BCUT2D eigenvalue weighted by Gasteiger charge is -2.17. The zero-order chi connectivity index (χ0) is 15.2. The molecule has 0 aromatic carbocycles. The Balaban J connectivity index is 2.02. The maximum Gasteiger partial charge on any atom is 0.257 e.